The van der Waals surface area contributed by atoms with Gasteiger partial charge < -0.3 is 18.6 Å². The molecule has 1 aliphatic heterocycles. The lowest BCUT2D eigenvalue weighted by Crippen LogP contribution is -2.64. The fourth-order valence-corrected chi connectivity index (χ4v) is 5.13. The molecule has 0 bridgehead atoms. The molecule has 148 valence electrons. The van der Waals surface area contributed by atoms with E-state index < -0.39 is 49.9 Å². The quantitative estimate of drug-likeness (QED) is 0.406. The number of fused-ring (bicyclic) bond motifs is 1. The second kappa shape index (κ2) is 7.05. The summed E-state index contributed by atoms with van der Waals surface area (Å²) in [5.74, 6) is -2.23. The lowest BCUT2D eigenvalue weighted by atomic mass is 9.66. The summed E-state index contributed by atoms with van der Waals surface area (Å²) in [7, 11) is 0.552. The molecule has 0 unspecified atom stereocenters. The molecule has 0 aromatic rings. The van der Waals surface area contributed by atoms with Gasteiger partial charge in [0.1, 0.15) is 6.10 Å². The average Bonchev–Trinajstić information content (AvgIpc) is 2.89. The number of hydrogen-bond acceptors (Lipinski definition) is 7. The Kier molecular flexibility index (Phi) is 5.71. The van der Waals surface area contributed by atoms with Gasteiger partial charge in [-0.25, -0.2) is 0 Å². The Morgan fingerprint density at radius 2 is 1.92 bits per heavy atom. The minimum atomic E-state index is -2.22. The molecule has 0 radical (unpaired) electrons. The van der Waals surface area contributed by atoms with Gasteiger partial charge in [0.2, 0.25) is 0 Å². The van der Waals surface area contributed by atoms with E-state index in [0.29, 0.717) is 12.7 Å². The van der Waals surface area contributed by atoms with E-state index in [1.807, 2.05) is 0 Å². The molecule has 0 N–H and O–H groups in total. The van der Waals surface area contributed by atoms with Crippen molar-refractivity contribution in [3.63, 3.8) is 0 Å². The molecule has 1 saturated carbocycles. The lowest BCUT2D eigenvalue weighted by Gasteiger charge is -2.49. The Hall–Kier alpha value is -1.25. The van der Waals surface area contributed by atoms with Crippen molar-refractivity contribution in [1.82, 2.24) is 0 Å². The normalized spacial score (nSPS) is 34.8. The van der Waals surface area contributed by atoms with Crippen molar-refractivity contribution < 1.29 is 33.0 Å². The molecule has 0 aromatic carbocycles. The summed E-state index contributed by atoms with van der Waals surface area (Å²) in [6.45, 7) is 10.5. The van der Waals surface area contributed by atoms with E-state index in [1.165, 1.54) is 14.2 Å². The van der Waals surface area contributed by atoms with E-state index in [0.717, 1.165) is 0 Å². The second-order valence-electron chi connectivity index (χ2n) is 8.69. The number of rotatable bonds is 5. The van der Waals surface area contributed by atoms with Gasteiger partial charge in [0.15, 0.2) is 20.2 Å². The Bertz CT molecular complexity index is 583. The van der Waals surface area contributed by atoms with Gasteiger partial charge in [0, 0.05) is 13.0 Å². The van der Waals surface area contributed by atoms with E-state index in [1.54, 1.807) is 0 Å². The van der Waals surface area contributed by atoms with Crippen LogP contribution in [0, 0.1) is 11.8 Å². The van der Waals surface area contributed by atoms with E-state index >= 15 is 0 Å². The SMILES string of the molecule is COC(=O)[C@H]1C[C@@H](O[Si](C)(C)C(C)(C)C)[C@H](OC)[C@@]2(C=O)OC(=O)C[C@@H]12. The summed E-state index contributed by atoms with van der Waals surface area (Å²) in [5.41, 5.74) is -1.52. The molecule has 0 spiro atoms. The van der Waals surface area contributed by atoms with Crippen molar-refractivity contribution in [2.45, 2.75) is 69.6 Å². The Morgan fingerprint density at radius 1 is 1.31 bits per heavy atom. The summed E-state index contributed by atoms with van der Waals surface area (Å²) in [6, 6.07) is 0. The number of methoxy groups -OCH3 is 2. The topological polar surface area (TPSA) is 88.1 Å². The van der Waals surface area contributed by atoms with Gasteiger partial charge in [-0.1, -0.05) is 20.8 Å². The van der Waals surface area contributed by atoms with Crippen LogP contribution in [0.15, 0.2) is 0 Å². The second-order valence-corrected chi connectivity index (χ2v) is 13.5. The summed E-state index contributed by atoms with van der Waals surface area (Å²) in [4.78, 5) is 36.5. The maximum absolute atomic E-state index is 12.4. The summed E-state index contributed by atoms with van der Waals surface area (Å²) in [5, 5.41) is -0.0659. The first-order valence-electron chi connectivity index (χ1n) is 8.90. The molecular weight excluding hydrogens is 356 g/mol. The maximum Gasteiger partial charge on any atom is 0.309 e. The van der Waals surface area contributed by atoms with Crippen LogP contribution in [0.2, 0.25) is 18.1 Å². The standard InChI is InChI=1S/C18H30O7Si/c1-17(2,3)26(6,7)25-13-8-11(16(21)23-5)12-9-14(20)24-18(12,10-19)15(13)22-4/h10-13,15H,8-9H2,1-7H3/t11-,12-,13+,15-,18-/m0/s1. The third-order valence-corrected chi connectivity index (χ3v) is 10.7. The van der Waals surface area contributed by atoms with Crippen LogP contribution in [0.5, 0.6) is 0 Å². The van der Waals surface area contributed by atoms with Crippen molar-refractivity contribution in [3.05, 3.63) is 0 Å². The van der Waals surface area contributed by atoms with Gasteiger partial charge in [0.25, 0.3) is 0 Å². The van der Waals surface area contributed by atoms with E-state index in [2.05, 4.69) is 33.9 Å². The molecular formula is C18H30O7Si. The van der Waals surface area contributed by atoms with Crippen molar-refractivity contribution >= 4 is 26.5 Å². The molecule has 2 aliphatic rings. The molecule has 26 heavy (non-hydrogen) atoms. The fourth-order valence-electron chi connectivity index (χ4n) is 3.80. The van der Waals surface area contributed by atoms with Gasteiger partial charge in [-0.3, -0.25) is 14.4 Å². The molecule has 7 nitrogen and oxygen atoms in total. The highest BCUT2D eigenvalue weighted by Crippen LogP contribution is 2.50. The Labute approximate surface area is 155 Å². The monoisotopic (exact) mass is 386 g/mol. The van der Waals surface area contributed by atoms with Gasteiger partial charge in [-0.2, -0.15) is 0 Å². The van der Waals surface area contributed by atoms with Crippen molar-refractivity contribution in [3.8, 4) is 0 Å². The first kappa shape index (κ1) is 21.1. The minimum Gasteiger partial charge on any atom is -0.469 e. The molecule has 8 heteroatoms. The van der Waals surface area contributed by atoms with Crippen LogP contribution in [-0.2, 0) is 33.0 Å². The highest BCUT2D eigenvalue weighted by molar-refractivity contribution is 6.74. The van der Waals surface area contributed by atoms with Crippen molar-refractivity contribution in [2.75, 3.05) is 14.2 Å². The first-order chi connectivity index (χ1) is 11.9. The number of carbonyl (C=O) groups is 3. The molecule has 2 rings (SSSR count). The van der Waals surface area contributed by atoms with Gasteiger partial charge in [0.05, 0.1) is 25.6 Å². The highest BCUT2D eigenvalue weighted by atomic mass is 28.4. The number of hydrogen-bond donors (Lipinski definition) is 0. The predicted octanol–water partition coefficient (Wildman–Crippen LogP) is 2.09. The van der Waals surface area contributed by atoms with E-state index in [-0.39, 0.29) is 11.5 Å². The first-order valence-corrected chi connectivity index (χ1v) is 11.8. The molecule has 5 atom stereocenters. The van der Waals surface area contributed by atoms with Gasteiger partial charge >= 0.3 is 11.9 Å². The lowest BCUT2D eigenvalue weighted by molar-refractivity contribution is -0.199. The zero-order chi connectivity index (χ0) is 19.9. The largest absolute Gasteiger partial charge is 0.469 e. The zero-order valence-corrected chi connectivity index (χ0v) is 17.7. The Balaban J connectivity index is 2.47. The molecule has 0 aromatic heterocycles. The molecule has 1 saturated heterocycles. The number of ether oxygens (including phenoxy) is 3. The number of esters is 2. The van der Waals surface area contributed by atoms with Gasteiger partial charge in [-0.05, 0) is 24.6 Å². The van der Waals surface area contributed by atoms with Crippen LogP contribution in [0.4, 0.5) is 0 Å². The molecule has 1 aliphatic carbocycles. The van der Waals surface area contributed by atoms with E-state index in [9.17, 15) is 14.4 Å². The average molecular weight is 387 g/mol. The van der Waals surface area contributed by atoms with Crippen LogP contribution in [-0.4, -0.2) is 58.6 Å². The summed E-state index contributed by atoms with van der Waals surface area (Å²) in [6.07, 6.45) is -0.378. The zero-order valence-electron chi connectivity index (χ0n) is 16.7. The summed E-state index contributed by atoms with van der Waals surface area (Å²) < 4.78 is 22.5. The third kappa shape index (κ3) is 3.34. The van der Waals surface area contributed by atoms with Crippen molar-refractivity contribution in [2.24, 2.45) is 11.8 Å². The maximum atomic E-state index is 12.4. The van der Waals surface area contributed by atoms with Crippen LogP contribution in [0.3, 0.4) is 0 Å². The molecule has 1 heterocycles. The Morgan fingerprint density at radius 3 is 2.38 bits per heavy atom. The fraction of sp³-hybridized carbons (Fsp3) is 0.833. The number of aldehydes is 1. The highest BCUT2D eigenvalue weighted by Gasteiger charge is 2.65. The minimum absolute atomic E-state index is 0.00875. The predicted molar refractivity (Wildman–Crippen MR) is 96.0 cm³/mol. The van der Waals surface area contributed by atoms with Crippen LogP contribution in [0.1, 0.15) is 33.6 Å². The van der Waals surface area contributed by atoms with E-state index in [4.69, 9.17) is 18.6 Å². The smallest absolute Gasteiger partial charge is 0.309 e. The van der Waals surface area contributed by atoms with Crippen LogP contribution < -0.4 is 0 Å². The molecule has 2 fully saturated rings. The molecule has 0 amide bonds. The van der Waals surface area contributed by atoms with Crippen LogP contribution >= 0.6 is 0 Å². The van der Waals surface area contributed by atoms with Crippen LogP contribution in [0.25, 0.3) is 0 Å². The van der Waals surface area contributed by atoms with Gasteiger partial charge in [-0.15, -0.1) is 0 Å². The number of carbonyl (C=O) groups excluding carboxylic acids is 3. The van der Waals surface area contributed by atoms with Crippen molar-refractivity contribution in [1.29, 1.82) is 0 Å². The summed E-state index contributed by atoms with van der Waals surface area (Å²) >= 11 is 0. The third-order valence-electron chi connectivity index (χ3n) is 6.21.